The summed E-state index contributed by atoms with van der Waals surface area (Å²) >= 11 is 7.56. The Balaban J connectivity index is 2.32. The highest BCUT2D eigenvalue weighted by molar-refractivity contribution is 7.19. The van der Waals surface area contributed by atoms with Gasteiger partial charge in [0, 0.05) is 17.1 Å². The van der Waals surface area contributed by atoms with E-state index in [0.717, 1.165) is 31.5 Å². The van der Waals surface area contributed by atoms with Crippen molar-refractivity contribution >= 4 is 39.5 Å². The molecule has 19 heavy (non-hydrogen) atoms. The highest BCUT2D eigenvalue weighted by Crippen LogP contribution is 2.36. The summed E-state index contributed by atoms with van der Waals surface area (Å²) in [6.45, 7) is 4.24. The third-order valence-corrected chi connectivity index (χ3v) is 4.26. The van der Waals surface area contributed by atoms with Crippen LogP contribution in [0.4, 0.5) is 5.69 Å². The summed E-state index contributed by atoms with van der Waals surface area (Å²) in [6, 6.07) is 10.1. The number of rotatable bonds is 2. The second kappa shape index (κ2) is 4.54. The lowest BCUT2D eigenvalue weighted by molar-refractivity contribution is 0.552. The van der Waals surface area contributed by atoms with Gasteiger partial charge < -0.3 is 5.73 Å². The third kappa shape index (κ3) is 2.11. The molecule has 3 rings (SSSR count). The first kappa shape index (κ1) is 12.5. The minimum absolute atomic E-state index is 0.301. The summed E-state index contributed by atoms with van der Waals surface area (Å²) in [4.78, 5) is 1.07. The van der Waals surface area contributed by atoms with Crippen LogP contribution in [0.5, 0.6) is 0 Å². The van der Waals surface area contributed by atoms with E-state index in [4.69, 9.17) is 22.4 Å². The number of nitrogens with two attached hydrogens (primary N) is 1. The summed E-state index contributed by atoms with van der Waals surface area (Å²) in [5.74, 6) is 0. The second-order valence-corrected chi connectivity index (χ2v) is 6.48. The van der Waals surface area contributed by atoms with Gasteiger partial charge in [0.2, 0.25) is 0 Å². The fraction of sp³-hybridized carbons (Fsp3) is 0.214. The van der Waals surface area contributed by atoms with Crippen molar-refractivity contribution in [1.82, 2.24) is 9.78 Å². The number of anilines is 1. The second-order valence-electron chi connectivity index (χ2n) is 4.77. The SMILES string of the molecule is CC(C)n1nc(-c2ccc(Cl)s2)c2cc(N)ccc21. The average molecular weight is 292 g/mol. The van der Waals surface area contributed by atoms with Gasteiger partial charge in [-0.1, -0.05) is 11.6 Å². The molecule has 0 radical (unpaired) electrons. The van der Waals surface area contributed by atoms with Gasteiger partial charge in [0.1, 0.15) is 5.69 Å². The lowest BCUT2D eigenvalue weighted by Crippen LogP contribution is -2.02. The molecular formula is C14H14ClN3S. The molecule has 0 atom stereocenters. The number of hydrogen-bond donors (Lipinski definition) is 1. The van der Waals surface area contributed by atoms with Gasteiger partial charge in [0.15, 0.2) is 0 Å². The predicted octanol–water partition coefficient (Wildman–Crippen LogP) is 4.58. The molecule has 0 spiro atoms. The van der Waals surface area contributed by atoms with Crippen LogP contribution in [-0.2, 0) is 0 Å². The molecule has 0 aliphatic carbocycles. The number of hydrogen-bond acceptors (Lipinski definition) is 3. The van der Waals surface area contributed by atoms with E-state index in [0.29, 0.717) is 6.04 Å². The number of nitrogen functional groups attached to an aromatic ring is 1. The number of halogens is 1. The Morgan fingerprint density at radius 2 is 2.05 bits per heavy atom. The first-order chi connectivity index (χ1) is 9.06. The molecule has 0 bridgehead atoms. The molecule has 0 aliphatic heterocycles. The Morgan fingerprint density at radius 1 is 1.26 bits per heavy atom. The van der Waals surface area contributed by atoms with Crippen molar-refractivity contribution in [2.75, 3.05) is 5.73 Å². The first-order valence-corrected chi connectivity index (χ1v) is 7.29. The van der Waals surface area contributed by atoms with Crippen LogP contribution in [0.15, 0.2) is 30.3 Å². The summed E-state index contributed by atoms with van der Waals surface area (Å²) < 4.78 is 2.80. The number of aromatic nitrogens is 2. The van der Waals surface area contributed by atoms with Gasteiger partial charge in [-0.2, -0.15) is 5.10 Å². The van der Waals surface area contributed by atoms with E-state index < -0.39 is 0 Å². The fourth-order valence-electron chi connectivity index (χ4n) is 2.18. The number of fused-ring (bicyclic) bond motifs is 1. The maximum absolute atomic E-state index is 6.02. The summed E-state index contributed by atoms with van der Waals surface area (Å²) in [6.07, 6.45) is 0. The standard InChI is InChI=1S/C14H14ClN3S/c1-8(2)18-11-4-3-9(16)7-10(11)14(17-18)12-5-6-13(15)19-12/h3-8H,16H2,1-2H3. The number of thiophene rings is 1. The van der Waals surface area contributed by atoms with E-state index in [2.05, 4.69) is 13.8 Å². The van der Waals surface area contributed by atoms with Crippen molar-refractivity contribution in [2.45, 2.75) is 19.9 Å². The molecule has 2 heterocycles. The minimum Gasteiger partial charge on any atom is -0.399 e. The molecule has 1 aromatic carbocycles. The van der Waals surface area contributed by atoms with Crippen LogP contribution in [0, 0.1) is 0 Å². The quantitative estimate of drug-likeness (QED) is 0.702. The molecule has 0 saturated carbocycles. The van der Waals surface area contributed by atoms with Gasteiger partial charge in [-0.05, 0) is 44.2 Å². The molecule has 0 amide bonds. The van der Waals surface area contributed by atoms with Gasteiger partial charge in [0.05, 0.1) is 14.7 Å². The lowest BCUT2D eigenvalue weighted by atomic mass is 10.1. The van der Waals surface area contributed by atoms with Crippen LogP contribution in [0.25, 0.3) is 21.5 Å². The van der Waals surface area contributed by atoms with Crippen LogP contribution in [0.2, 0.25) is 4.34 Å². The van der Waals surface area contributed by atoms with E-state index in [1.807, 2.05) is 35.0 Å². The molecule has 98 valence electrons. The Bertz CT molecular complexity index is 742. The minimum atomic E-state index is 0.301. The van der Waals surface area contributed by atoms with E-state index in [-0.39, 0.29) is 0 Å². The number of benzene rings is 1. The first-order valence-electron chi connectivity index (χ1n) is 6.09. The molecule has 0 aliphatic rings. The topological polar surface area (TPSA) is 43.8 Å². The smallest absolute Gasteiger partial charge is 0.110 e. The summed E-state index contributed by atoms with van der Waals surface area (Å²) in [5, 5.41) is 5.80. The van der Waals surface area contributed by atoms with Gasteiger partial charge in [0.25, 0.3) is 0 Å². The van der Waals surface area contributed by atoms with Crippen LogP contribution in [0.3, 0.4) is 0 Å². The maximum atomic E-state index is 6.02. The maximum Gasteiger partial charge on any atom is 0.110 e. The van der Waals surface area contributed by atoms with E-state index in [9.17, 15) is 0 Å². The zero-order valence-corrected chi connectivity index (χ0v) is 12.3. The Morgan fingerprint density at radius 3 is 2.68 bits per heavy atom. The van der Waals surface area contributed by atoms with Gasteiger partial charge in [-0.3, -0.25) is 4.68 Å². The third-order valence-electron chi connectivity index (χ3n) is 3.03. The van der Waals surface area contributed by atoms with E-state index >= 15 is 0 Å². The zero-order valence-electron chi connectivity index (χ0n) is 10.7. The van der Waals surface area contributed by atoms with Crippen molar-refractivity contribution in [3.05, 3.63) is 34.7 Å². The van der Waals surface area contributed by atoms with Gasteiger partial charge in [-0.15, -0.1) is 11.3 Å². The highest BCUT2D eigenvalue weighted by atomic mass is 35.5. The van der Waals surface area contributed by atoms with Crippen molar-refractivity contribution in [3.63, 3.8) is 0 Å². The van der Waals surface area contributed by atoms with Gasteiger partial charge in [-0.25, -0.2) is 0 Å². The monoisotopic (exact) mass is 291 g/mol. The molecule has 0 fully saturated rings. The Kier molecular flexibility index (Phi) is 2.99. The summed E-state index contributed by atoms with van der Waals surface area (Å²) in [7, 11) is 0. The lowest BCUT2D eigenvalue weighted by Gasteiger charge is -2.06. The molecule has 2 aromatic heterocycles. The van der Waals surface area contributed by atoms with Crippen molar-refractivity contribution in [2.24, 2.45) is 0 Å². The number of nitrogens with zero attached hydrogens (tertiary/aromatic N) is 2. The van der Waals surface area contributed by atoms with Crippen molar-refractivity contribution < 1.29 is 0 Å². The highest BCUT2D eigenvalue weighted by Gasteiger charge is 2.15. The largest absolute Gasteiger partial charge is 0.399 e. The molecule has 3 nitrogen and oxygen atoms in total. The normalized spacial score (nSPS) is 11.6. The fourth-order valence-corrected chi connectivity index (χ4v) is 3.22. The molecule has 0 saturated heterocycles. The summed E-state index contributed by atoms with van der Waals surface area (Å²) in [5.41, 5.74) is 8.70. The molecule has 2 N–H and O–H groups in total. The Labute approximate surface area is 120 Å². The van der Waals surface area contributed by atoms with Crippen LogP contribution in [0.1, 0.15) is 19.9 Å². The van der Waals surface area contributed by atoms with Crippen molar-refractivity contribution in [3.8, 4) is 10.6 Å². The zero-order chi connectivity index (χ0) is 13.6. The van der Waals surface area contributed by atoms with E-state index in [1.54, 1.807) is 0 Å². The van der Waals surface area contributed by atoms with Crippen LogP contribution in [-0.4, -0.2) is 9.78 Å². The van der Waals surface area contributed by atoms with Gasteiger partial charge >= 0.3 is 0 Å². The Hall–Kier alpha value is -1.52. The van der Waals surface area contributed by atoms with Crippen LogP contribution >= 0.6 is 22.9 Å². The molecule has 3 aromatic rings. The average Bonchev–Trinajstić information content (AvgIpc) is 2.92. The molecular weight excluding hydrogens is 278 g/mol. The van der Waals surface area contributed by atoms with E-state index in [1.165, 1.54) is 11.3 Å². The van der Waals surface area contributed by atoms with Crippen molar-refractivity contribution in [1.29, 1.82) is 0 Å². The predicted molar refractivity (Wildman–Crippen MR) is 82.9 cm³/mol. The molecule has 5 heteroatoms. The molecule has 0 unspecified atom stereocenters. The van der Waals surface area contributed by atoms with Crippen LogP contribution < -0.4 is 5.73 Å².